The van der Waals surface area contributed by atoms with E-state index in [0.717, 1.165) is 41.9 Å². The first-order valence-electron chi connectivity index (χ1n) is 13.0. The summed E-state index contributed by atoms with van der Waals surface area (Å²) in [5, 5.41) is 10.4. The fourth-order valence-corrected chi connectivity index (χ4v) is 5.56. The van der Waals surface area contributed by atoms with E-state index >= 15 is 0 Å². The molecule has 0 saturated carbocycles. The Bertz CT molecular complexity index is 1050. The zero-order valence-electron chi connectivity index (χ0n) is 21.3. The number of amides is 1. The first kappa shape index (κ1) is 26.2. The van der Waals surface area contributed by atoms with Gasteiger partial charge in [-0.25, -0.2) is 4.98 Å². The van der Waals surface area contributed by atoms with Crippen LogP contribution in [-0.4, -0.2) is 77.1 Å². The summed E-state index contributed by atoms with van der Waals surface area (Å²) in [4.78, 5) is 34.1. The number of fused-ring (bicyclic) bond motifs is 1. The number of hydrogen-bond acceptors (Lipinski definition) is 7. The van der Waals surface area contributed by atoms with E-state index in [1.165, 1.54) is 0 Å². The van der Waals surface area contributed by atoms with Gasteiger partial charge in [0.05, 0.1) is 25.3 Å². The molecule has 196 valence electrons. The van der Waals surface area contributed by atoms with Crippen molar-refractivity contribution in [2.24, 2.45) is 11.7 Å². The summed E-state index contributed by atoms with van der Waals surface area (Å²) in [6.45, 7) is 6.83. The second-order valence-corrected chi connectivity index (χ2v) is 9.86. The van der Waals surface area contributed by atoms with Crippen LogP contribution in [0.5, 0.6) is 5.75 Å². The van der Waals surface area contributed by atoms with Crippen molar-refractivity contribution >= 4 is 11.9 Å². The fraction of sp³-hybridized carbons (Fsp3) is 0.593. The molecule has 2 aromatic rings. The predicted molar refractivity (Wildman–Crippen MR) is 135 cm³/mol. The standard InChI is InChI=1S/C27H38N4O5/c1-3-4-11-30(12-10-28)25(32)17-31-16-21(19-5-7-23-20(14-19)9-13-35-23)26(27(33)34)22(31)6-8-24-29-15-18(2)36-24/h5,7,14-15,21-22,26H,3-4,6,8-13,16-17,28H2,1-2H3,(H,33,34)/t21-,22+,26-/m1/s1. The van der Waals surface area contributed by atoms with Crippen LogP contribution in [0.25, 0.3) is 0 Å². The minimum absolute atomic E-state index is 0.00184. The molecule has 36 heavy (non-hydrogen) atoms. The number of nitrogens with zero attached hydrogens (tertiary/aromatic N) is 3. The summed E-state index contributed by atoms with van der Waals surface area (Å²) < 4.78 is 11.3. The van der Waals surface area contributed by atoms with Crippen molar-refractivity contribution < 1.29 is 23.8 Å². The third kappa shape index (κ3) is 5.90. The molecule has 0 spiro atoms. The monoisotopic (exact) mass is 498 g/mol. The number of aromatic nitrogens is 1. The molecule has 0 aliphatic carbocycles. The third-order valence-corrected chi connectivity index (χ3v) is 7.37. The highest BCUT2D eigenvalue weighted by Gasteiger charge is 2.47. The van der Waals surface area contributed by atoms with Crippen LogP contribution in [0.4, 0.5) is 0 Å². The number of rotatable bonds is 12. The van der Waals surface area contributed by atoms with Gasteiger partial charge in [0.1, 0.15) is 11.5 Å². The van der Waals surface area contributed by atoms with Gasteiger partial charge in [0, 0.05) is 51.0 Å². The van der Waals surface area contributed by atoms with Crippen molar-refractivity contribution in [3.8, 4) is 5.75 Å². The summed E-state index contributed by atoms with van der Waals surface area (Å²) in [6, 6.07) is 5.69. The quantitative estimate of drug-likeness (QED) is 0.458. The van der Waals surface area contributed by atoms with Crippen molar-refractivity contribution in [3.63, 3.8) is 0 Å². The van der Waals surface area contributed by atoms with Gasteiger partial charge in [-0.05, 0) is 37.0 Å². The Hall–Kier alpha value is -2.91. The van der Waals surface area contributed by atoms with E-state index in [1.54, 1.807) is 6.20 Å². The molecule has 1 amide bonds. The average Bonchev–Trinajstić information content (AvgIpc) is 3.58. The smallest absolute Gasteiger partial charge is 0.308 e. The lowest BCUT2D eigenvalue weighted by Crippen LogP contribution is -2.45. The summed E-state index contributed by atoms with van der Waals surface area (Å²) in [5.74, 6) is 0.477. The number of aryl methyl sites for hydroxylation is 2. The third-order valence-electron chi connectivity index (χ3n) is 7.37. The van der Waals surface area contributed by atoms with Crippen LogP contribution in [0.1, 0.15) is 54.9 Å². The van der Waals surface area contributed by atoms with Gasteiger partial charge in [0.25, 0.3) is 0 Å². The number of ether oxygens (including phenoxy) is 1. The molecule has 3 N–H and O–H groups in total. The number of carboxylic acid groups (broad SMARTS) is 1. The number of hydrogen-bond donors (Lipinski definition) is 2. The topological polar surface area (TPSA) is 122 Å². The van der Waals surface area contributed by atoms with Crippen LogP contribution in [0.15, 0.2) is 28.8 Å². The molecule has 3 heterocycles. The van der Waals surface area contributed by atoms with E-state index in [1.807, 2.05) is 24.0 Å². The van der Waals surface area contributed by atoms with Gasteiger partial charge in [-0.1, -0.05) is 25.5 Å². The minimum Gasteiger partial charge on any atom is -0.493 e. The maximum Gasteiger partial charge on any atom is 0.308 e. The average molecular weight is 499 g/mol. The highest BCUT2D eigenvalue weighted by atomic mass is 16.5. The first-order valence-corrected chi connectivity index (χ1v) is 13.0. The van der Waals surface area contributed by atoms with Crippen LogP contribution in [-0.2, 0) is 22.4 Å². The molecule has 2 aliphatic rings. The molecule has 3 atom stereocenters. The van der Waals surface area contributed by atoms with Crippen molar-refractivity contribution in [1.82, 2.24) is 14.8 Å². The molecule has 9 nitrogen and oxygen atoms in total. The molecule has 2 aliphatic heterocycles. The molecule has 1 saturated heterocycles. The molecule has 4 rings (SSSR count). The van der Waals surface area contributed by atoms with Crippen molar-refractivity contribution in [2.75, 3.05) is 39.3 Å². The van der Waals surface area contributed by atoms with Crippen LogP contribution >= 0.6 is 0 Å². The summed E-state index contributed by atoms with van der Waals surface area (Å²) >= 11 is 0. The second kappa shape index (κ2) is 11.9. The molecular weight excluding hydrogens is 460 g/mol. The number of benzene rings is 1. The van der Waals surface area contributed by atoms with Gasteiger partial charge in [0.2, 0.25) is 5.91 Å². The van der Waals surface area contributed by atoms with Gasteiger partial charge in [-0.15, -0.1) is 0 Å². The maximum atomic E-state index is 13.3. The lowest BCUT2D eigenvalue weighted by atomic mass is 9.83. The van der Waals surface area contributed by atoms with Crippen LogP contribution in [0, 0.1) is 12.8 Å². The van der Waals surface area contributed by atoms with E-state index in [9.17, 15) is 14.7 Å². The zero-order chi connectivity index (χ0) is 25.7. The van der Waals surface area contributed by atoms with Gasteiger partial charge >= 0.3 is 5.97 Å². The molecule has 0 unspecified atom stereocenters. The zero-order valence-corrected chi connectivity index (χ0v) is 21.3. The Kier molecular flexibility index (Phi) is 8.64. The number of aliphatic carboxylic acids is 1. The number of carbonyl (C=O) groups is 2. The Morgan fingerprint density at radius 3 is 2.83 bits per heavy atom. The minimum atomic E-state index is -0.843. The number of likely N-dealkylation sites (tertiary alicyclic amines) is 1. The first-order chi connectivity index (χ1) is 17.4. The Morgan fingerprint density at radius 2 is 2.14 bits per heavy atom. The molecular formula is C27H38N4O5. The van der Waals surface area contributed by atoms with Crippen molar-refractivity contribution in [3.05, 3.63) is 47.2 Å². The summed E-state index contributed by atoms with van der Waals surface area (Å²) in [6.07, 6.45) is 5.46. The normalized spacial score (nSPS) is 21.4. The SMILES string of the molecule is CCCCN(CCN)C(=O)CN1C[C@H](c2ccc3c(c2)CCO3)[C@@H](C(=O)O)[C@@H]1CCc1ncc(C)o1. The van der Waals surface area contributed by atoms with E-state index in [4.69, 9.17) is 14.9 Å². The van der Waals surface area contributed by atoms with Crippen LogP contribution in [0.3, 0.4) is 0 Å². The van der Waals surface area contributed by atoms with E-state index in [-0.39, 0.29) is 24.4 Å². The summed E-state index contributed by atoms with van der Waals surface area (Å²) in [5.41, 5.74) is 7.89. The number of carbonyl (C=O) groups excluding carboxylic acids is 1. The van der Waals surface area contributed by atoms with Crippen LogP contribution in [0.2, 0.25) is 0 Å². The molecule has 9 heteroatoms. The number of oxazole rings is 1. The van der Waals surface area contributed by atoms with E-state index in [0.29, 0.717) is 51.5 Å². The molecule has 1 fully saturated rings. The van der Waals surface area contributed by atoms with Gasteiger partial charge in [0.15, 0.2) is 5.89 Å². The molecule has 1 aromatic carbocycles. The fourth-order valence-electron chi connectivity index (χ4n) is 5.56. The number of unbranched alkanes of at least 4 members (excludes halogenated alkanes) is 1. The highest BCUT2D eigenvalue weighted by Crippen LogP contribution is 2.41. The van der Waals surface area contributed by atoms with E-state index in [2.05, 4.69) is 22.9 Å². The second-order valence-electron chi connectivity index (χ2n) is 9.86. The highest BCUT2D eigenvalue weighted by molar-refractivity contribution is 5.79. The number of carboxylic acids is 1. The largest absolute Gasteiger partial charge is 0.493 e. The maximum absolute atomic E-state index is 13.3. The van der Waals surface area contributed by atoms with Crippen LogP contribution < -0.4 is 10.5 Å². The Balaban J connectivity index is 1.59. The van der Waals surface area contributed by atoms with Gasteiger partial charge in [-0.3, -0.25) is 14.5 Å². The van der Waals surface area contributed by atoms with Gasteiger partial charge in [-0.2, -0.15) is 0 Å². The van der Waals surface area contributed by atoms with Gasteiger partial charge < -0.3 is 24.9 Å². The summed E-state index contributed by atoms with van der Waals surface area (Å²) in [7, 11) is 0. The van der Waals surface area contributed by atoms with Crippen molar-refractivity contribution in [2.45, 2.75) is 57.9 Å². The molecule has 0 radical (unpaired) electrons. The Morgan fingerprint density at radius 1 is 1.31 bits per heavy atom. The number of nitrogens with two attached hydrogens (primary N) is 1. The lowest BCUT2D eigenvalue weighted by Gasteiger charge is -2.29. The predicted octanol–water partition coefficient (Wildman–Crippen LogP) is 2.61. The van der Waals surface area contributed by atoms with E-state index < -0.39 is 11.9 Å². The lowest BCUT2D eigenvalue weighted by molar-refractivity contribution is -0.143. The Labute approximate surface area is 212 Å². The molecule has 0 bridgehead atoms. The van der Waals surface area contributed by atoms with Crippen molar-refractivity contribution in [1.29, 1.82) is 0 Å². The molecule has 1 aromatic heterocycles.